The van der Waals surface area contributed by atoms with Crippen LogP contribution in [0, 0.1) is 12.8 Å². The summed E-state index contributed by atoms with van der Waals surface area (Å²) in [6.45, 7) is 6.40. The number of ether oxygens (including phenoxy) is 1. The van der Waals surface area contributed by atoms with E-state index in [1.807, 2.05) is 31.2 Å². The first-order valence-electron chi connectivity index (χ1n) is 9.07. The number of carbonyl (C=O) groups is 1. The molecule has 1 N–H and O–H groups in total. The fourth-order valence-electron chi connectivity index (χ4n) is 3.30. The largest absolute Gasteiger partial charge is 0.496 e. The number of carbonyl (C=O) groups excluding carboxylic acids is 1. The van der Waals surface area contributed by atoms with Gasteiger partial charge in [0.05, 0.1) is 7.11 Å². The Hall–Kier alpha value is -2.63. The van der Waals surface area contributed by atoms with Crippen LogP contribution in [0.4, 0.5) is 5.95 Å². The summed E-state index contributed by atoms with van der Waals surface area (Å²) in [5.74, 6) is 1.83. The van der Waals surface area contributed by atoms with Gasteiger partial charge in [0.15, 0.2) is 0 Å². The normalized spacial score (nSPS) is 17.0. The molecule has 1 unspecified atom stereocenters. The van der Waals surface area contributed by atoms with Crippen molar-refractivity contribution in [1.29, 1.82) is 0 Å². The minimum Gasteiger partial charge on any atom is -0.496 e. The van der Waals surface area contributed by atoms with E-state index >= 15 is 0 Å². The summed E-state index contributed by atoms with van der Waals surface area (Å²) in [6, 6.07) is 9.38. The van der Waals surface area contributed by atoms with Crippen LogP contribution in [0.5, 0.6) is 5.75 Å². The summed E-state index contributed by atoms with van der Waals surface area (Å²) in [5.41, 5.74) is 2.13. The minimum atomic E-state index is -0.201. The van der Waals surface area contributed by atoms with E-state index in [2.05, 4.69) is 27.1 Å². The third kappa shape index (κ3) is 4.31. The smallest absolute Gasteiger partial charge is 0.270 e. The third-order valence-corrected chi connectivity index (χ3v) is 4.65. The van der Waals surface area contributed by atoms with Crippen LogP contribution >= 0.6 is 0 Å². The Bertz CT molecular complexity index is 778. The summed E-state index contributed by atoms with van der Waals surface area (Å²) >= 11 is 0. The van der Waals surface area contributed by atoms with E-state index in [0.29, 0.717) is 24.1 Å². The van der Waals surface area contributed by atoms with Crippen molar-refractivity contribution >= 4 is 11.9 Å². The number of methoxy groups -OCH3 is 1. The maximum Gasteiger partial charge on any atom is 0.270 e. The van der Waals surface area contributed by atoms with Crippen molar-refractivity contribution in [1.82, 2.24) is 15.3 Å². The van der Waals surface area contributed by atoms with Crippen LogP contribution in [0.1, 0.15) is 41.5 Å². The third-order valence-electron chi connectivity index (χ3n) is 4.65. The molecule has 1 atom stereocenters. The van der Waals surface area contributed by atoms with Gasteiger partial charge in [-0.1, -0.05) is 25.1 Å². The molecule has 2 heterocycles. The number of rotatable bonds is 5. The van der Waals surface area contributed by atoms with Gasteiger partial charge < -0.3 is 15.0 Å². The molecule has 2 aromatic rings. The van der Waals surface area contributed by atoms with E-state index < -0.39 is 0 Å². The van der Waals surface area contributed by atoms with Gasteiger partial charge in [-0.15, -0.1) is 0 Å². The number of hydrogen-bond acceptors (Lipinski definition) is 5. The number of aryl methyl sites for hydroxylation is 1. The molecule has 1 aliphatic heterocycles. The Balaban J connectivity index is 1.73. The topological polar surface area (TPSA) is 67.3 Å². The van der Waals surface area contributed by atoms with Gasteiger partial charge in [-0.05, 0) is 37.8 Å². The van der Waals surface area contributed by atoms with E-state index in [1.165, 1.54) is 6.42 Å². The molecule has 6 nitrogen and oxygen atoms in total. The van der Waals surface area contributed by atoms with Gasteiger partial charge in [-0.2, -0.15) is 0 Å². The van der Waals surface area contributed by atoms with Gasteiger partial charge in [-0.25, -0.2) is 9.97 Å². The fraction of sp³-hybridized carbons (Fsp3) is 0.450. The fourth-order valence-corrected chi connectivity index (χ4v) is 3.30. The molecule has 26 heavy (non-hydrogen) atoms. The summed E-state index contributed by atoms with van der Waals surface area (Å²) in [4.78, 5) is 23.8. The molecule has 0 saturated carbocycles. The van der Waals surface area contributed by atoms with E-state index in [9.17, 15) is 4.79 Å². The lowest BCUT2D eigenvalue weighted by molar-refractivity contribution is 0.0945. The lowest BCUT2D eigenvalue weighted by atomic mass is 10.0. The molecular weight excluding hydrogens is 328 g/mol. The average molecular weight is 354 g/mol. The van der Waals surface area contributed by atoms with Gasteiger partial charge in [0.25, 0.3) is 5.91 Å². The predicted octanol–water partition coefficient (Wildman–Crippen LogP) is 2.96. The maximum absolute atomic E-state index is 12.6. The second kappa shape index (κ2) is 8.17. The van der Waals surface area contributed by atoms with E-state index in [-0.39, 0.29) is 5.91 Å². The zero-order chi connectivity index (χ0) is 18.5. The van der Waals surface area contributed by atoms with Gasteiger partial charge in [0.1, 0.15) is 11.4 Å². The van der Waals surface area contributed by atoms with Crippen LogP contribution in [0.25, 0.3) is 0 Å². The highest BCUT2D eigenvalue weighted by atomic mass is 16.5. The average Bonchev–Trinajstić information content (AvgIpc) is 2.65. The molecule has 0 radical (unpaired) electrons. The number of aromatic nitrogens is 2. The van der Waals surface area contributed by atoms with Crippen molar-refractivity contribution in [3.63, 3.8) is 0 Å². The van der Waals surface area contributed by atoms with Gasteiger partial charge >= 0.3 is 0 Å². The molecule has 1 amide bonds. The molecule has 138 valence electrons. The lowest BCUT2D eigenvalue weighted by Gasteiger charge is -2.31. The second-order valence-corrected chi connectivity index (χ2v) is 6.88. The highest BCUT2D eigenvalue weighted by Crippen LogP contribution is 2.21. The molecular formula is C20H26N4O2. The van der Waals surface area contributed by atoms with Gasteiger partial charge in [-0.3, -0.25) is 4.79 Å². The summed E-state index contributed by atoms with van der Waals surface area (Å²) in [5, 5.41) is 2.93. The quantitative estimate of drug-likeness (QED) is 0.894. The van der Waals surface area contributed by atoms with Crippen molar-refractivity contribution in [3.8, 4) is 5.75 Å². The number of piperidine rings is 1. The highest BCUT2D eigenvalue weighted by molar-refractivity contribution is 5.92. The maximum atomic E-state index is 12.6. The molecule has 1 aromatic carbocycles. The number of amides is 1. The van der Waals surface area contributed by atoms with Crippen LogP contribution in [-0.2, 0) is 6.54 Å². The predicted molar refractivity (Wildman–Crippen MR) is 102 cm³/mol. The molecule has 0 aliphatic carbocycles. The van der Waals surface area contributed by atoms with E-state index in [0.717, 1.165) is 36.5 Å². The Kier molecular flexibility index (Phi) is 5.71. The Morgan fingerprint density at radius 3 is 2.92 bits per heavy atom. The van der Waals surface area contributed by atoms with Crippen LogP contribution in [0.3, 0.4) is 0 Å². The number of anilines is 1. The van der Waals surface area contributed by atoms with Crippen LogP contribution in [0.15, 0.2) is 30.3 Å². The number of nitrogens with zero attached hydrogens (tertiary/aromatic N) is 3. The first kappa shape index (κ1) is 18.2. The Labute approximate surface area is 154 Å². The molecule has 0 spiro atoms. The summed E-state index contributed by atoms with van der Waals surface area (Å²) in [7, 11) is 1.63. The van der Waals surface area contributed by atoms with Crippen molar-refractivity contribution < 1.29 is 9.53 Å². The monoisotopic (exact) mass is 354 g/mol. The molecule has 0 bridgehead atoms. The lowest BCUT2D eigenvalue weighted by Crippen LogP contribution is -2.36. The number of para-hydroxylation sites is 1. The molecule has 6 heteroatoms. The molecule has 1 aliphatic rings. The second-order valence-electron chi connectivity index (χ2n) is 6.88. The van der Waals surface area contributed by atoms with Gasteiger partial charge in [0, 0.05) is 30.9 Å². The molecule has 1 fully saturated rings. The first-order chi connectivity index (χ1) is 12.6. The van der Waals surface area contributed by atoms with Gasteiger partial charge in [0.2, 0.25) is 5.95 Å². The van der Waals surface area contributed by atoms with Crippen molar-refractivity contribution in [2.75, 3.05) is 25.1 Å². The molecule has 1 aromatic heterocycles. The minimum absolute atomic E-state index is 0.201. The van der Waals surface area contributed by atoms with Crippen molar-refractivity contribution in [2.24, 2.45) is 5.92 Å². The van der Waals surface area contributed by atoms with Crippen molar-refractivity contribution in [3.05, 3.63) is 47.3 Å². The highest BCUT2D eigenvalue weighted by Gasteiger charge is 2.20. The number of hydrogen-bond donors (Lipinski definition) is 1. The molecule has 1 saturated heterocycles. The standard InChI is InChI=1S/C20H26N4O2/c1-14-7-6-10-24(13-14)20-22-15(2)11-17(23-20)19(25)21-12-16-8-4-5-9-18(16)26-3/h4-5,8-9,11,14H,6-7,10,12-13H2,1-3H3,(H,21,25). The summed E-state index contributed by atoms with van der Waals surface area (Å²) in [6.07, 6.45) is 2.36. The SMILES string of the molecule is COc1ccccc1CNC(=O)c1cc(C)nc(N2CCCC(C)C2)n1. The zero-order valence-electron chi connectivity index (χ0n) is 15.7. The first-order valence-corrected chi connectivity index (χ1v) is 9.07. The Morgan fingerprint density at radius 1 is 1.35 bits per heavy atom. The summed E-state index contributed by atoms with van der Waals surface area (Å²) < 4.78 is 5.33. The van der Waals surface area contributed by atoms with E-state index in [4.69, 9.17) is 4.74 Å². The molecule has 3 rings (SSSR count). The van der Waals surface area contributed by atoms with Crippen LogP contribution < -0.4 is 15.0 Å². The van der Waals surface area contributed by atoms with Crippen molar-refractivity contribution in [2.45, 2.75) is 33.2 Å². The van der Waals surface area contributed by atoms with E-state index in [1.54, 1.807) is 13.2 Å². The number of nitrogens with one attached hydrogen (secondary N) is 1. The number of benzene rings is 1. The Morgan fingerprint density at radius 2 is 2.15 bits per heavy atom. The van der Waals surface area contributed by atoms with Crippen LogP contribution in [0.2, 0.25) is 0 Å². The zero-order valence-corrected chi connectivity index (χ0v) is 15.7. The van der Waals surface area contributed by atoms with Crippen LogP contribution in [-0.4, -0.2) is 36.1 Å².